The van der Waals surface area contributed by atoms with Crippen molar-refractivity contribution >= 4 is 11.8 Å². The molecule has 4 N–H and O–H groups in total. The van der Waals surface area contributed by atoms with Crippen molar-refractivity contribution in [3.8, 4) is 5.75 Å². The molecular weight excluding hydrogens is 421 g/mol. The molecule has 0 aliphatic rings. The fraction of sp³-hybridized carbons (Fsp3) is 0.300. The predicted octanol–water partition coefficient (Wildman–Crippen LogP) is 0.647. The van der Waals surface area contributed by atoms with Crippen molar-refractivity contribution < 1.29 is 19.1 Å². The standard InChI is InChI=1S/C20H22FN7O4/c1-10-23-15(27-26-10)17(31)25-20(2,3)19-24-13(14(29)18(32)28(19)4)16(30)22-9-11-5-7-12(21)8-6-11/h5-8,29H,9H2,1-4H3,(H,22,30)(H,25,31)(H,23,26,27). The van der Waals surface area contributed by atoms with Gasteiger partial charge in [0.2, 0.25) is 11.6 Å². The van der Waals surface area contributed by atoms with Gasteiger partial charge in [-0.05, 0) is 38.5 Å². The fourth-order valence-corrected chi connectivity index (χ4v) is 3.02. The summed E-state index contributed by atoms with van der Waals surface area (Å²) < 4.78 is 14.1. The van der Waals surface area contributed by atoms with E-state index in [9.17, 15) is 23.9 Å². The maximum absolute atomic E-state index is 13.0. The fourth-order valence-electron chi connectivity index (χ4n) is 3.02. The van der Waals surface area contributed by atoms with E-state index in [2.05, 4.69) is 30.8 Å². The van der Waals surface area contributed by atoms with Crippen LogP contribution >= 0.6 is 0 Å². The van der Waals surface area contributed by atoms with E-state index < -0.39 is 40.2 Å². The first-order valence-corrected chi connectivity index (χ1v) is 9.54. The van der Waals surface area contributed by atoms with Gasteiger partial charge < -0.3 is 15.7 Å². The van der Waals surface area contributed by atoms with Crippen molar-refractivity contribution in [3.05, 3.63) is 69.2 Å². The molecule has 2 amide bonds. The number of hydrogen-bond acceptors (Lipinski definition) is 7. The summed E-state index contributed by atoms with van der Waals surface area (Å²) >= 11 is 0. The number of halogens is 1. The SMILES string of the molecule is Cc1nc(C(=O)NC(C)(C)c2nc(C(=O)NCc3ccc(F)cc3)c(O)c(=O)n2C)n[nH]1. The molecule has 12 heteroatoms. The molecule has 0 bridgehead atoms. The molecule has 168 valence electrons. The highest BCUT2D eigenvalue weighted by atomic mass is 19.1. The maximum atomic E-state index is 13.0. The van der Waals surface area contributed by atoms with E-state index in [1.54, 1.807) is 20.8 Å². The van der Waals surface area contributed by atoms with Crippen molar-refractivity contribution in [2.45, 2.75) is 32.9 Å². The van der Waals surface area contributed by atoms with E-state index in [0.29, 0.717) is 11.4 Å². The number of benzene rings is 1. The lowest BCUT2D eigenvalue weighted by atomic mass is 10.0. The molecule has 0 aliphatic carbocycles. The zero-order valence-electron chi connectivity index (χ0n) is 17.9. The molecule has 3 aromatic rings. The van der Waals surface area contributed by atoms with Crippen molar-refractivity contribution in [3.63, 3.8) is 0 Å². The second kappa shape index (κ2) is 8.57. The largest absolute Gasteiger partial charge is 0.501 e. The van der Waals surface area contributed by atoms with Crippen LogP contribution in [0.4, 0.5) is 4.39 Å². The average Bonchev–Trinajstić information content (AvgIpc) is 3.17. The number of amides is 2. The molecule has 3 rings (SSSR count). The van der Waals surface area contributed by atoms with Gasteiger partial charge in [-0.1, -0.05) is 12.1 Å². The Hall–Kier alpha value is -4.09. The predicted molar refractivity (Wildman–Crippen MR) is 110 cm³/mol. The second-order valence-corrected chi connectivity index (χ2v) is 7.63. The van der Waals surface area contributed by atoms with E-state index in [1.165, 1.54) is 31.3 Å². The lowest BCUT2D eigenvalue weighted by Crippen LogP contribution is -2.46. The number of aromatic hydroxyl groups is 1. The molecule has 0 aliphatic heterocycles. The Morgan fingerprint density at radius 3 is 2.44 bits per heavy atom. The Labute approximate surface area is 181 Å². The molecule has 0 saturated carbocycles. The van der Waals surface area contributed by atoms with Crippen molar-refractivity contribution in [1.29, 1.82) is 0 Å². The van der Waals surface area contributed by atoms with Crippen molar-refractivity contribution in [1.82, 2.24) is 35.4 Å². The van der Waals surface area contributed by atoms with Crippen LogP contribution in [0.15, 0.2) is 29.1 Å². The van der Waals surface area contributed by atoms with Crippen molar-refractivity contribution in [2.24, 2.45) is 7.05 Å². The summed E-state index contributed by atoms with van der Waals surface area (Å²) in [6.45, 7) is 4.80. The lowest BCUT2D eigenvalue weighted by molar-refractivity contribution is 0.0896. The Kier molecular flexibility index (Phi) is 6.05. The zero-order chi connectivity index (χ0) is 23.6. The summed E-state index contributed by atoms with van der Waals surface area (Å²) in [5, 5.41) is 21.8. The first kappa shape index (κ1) is 22.6. The first-order chi connectivity index (χ1) is 15.0. The van der Waals surface area contributed by atoms with E-state index in [-0.39, 0.29) is 18.2 Å². The van der Waals surface area contributed by atoms with Gasteiger partial charge in [0.15, 0.2) is 5.69 Å². The number of hydrogen-bond donors (Lipinski definition) is 4. The number of nitrogens with one attached hydrogen (secondary N) is 3. The number of carbonyl (C=O) groups is 2. The molecule has 11 nitrogen and oxygen atoms in total. The minimum absolute atomic E-state index is 0.0211. The van der Waals surface area contributed by atoms with Crippen LogP contribution in [0.1, 0.15) is 52.2 Å². The van der Waals surface area contributed by atoms with Gasteiger partial charge in [-0.2, -0.15) is 0 Å². The highest BCUT2D eigenvalue weighted by molar-refractivity contribution is 5.94. The minimum atomic E-state index is -1.24. The molecule has 0 unspecified atom stereocenters. The molecule has 0 spiro atoms. The number of aromatic amines is 1. The summed E-state index contributed by atoms with van der Waals surface area (Å²) in [6.07, 6.45) is 0. The van der Waals surface area contributed by atoms with E-state index in [1.807, 2.05) is 0 Å². The molecule has 0 fully saturated rings. The van der Waals surface area contributed by atoms with Gasteiger partial charge in [-0.25, -0.2) is 14.4 Å². The Bertz CT molecular complexity index is 1230. The summed E-state index contributed by atoms with van der Waals surface area (Å²) in [7, 11) is 1.36. The molecule has 32 heavy (non-hydrogen) atoms. The maximum Gasteiger partial charge on any atom is 0.296 e. The number of H-pyrrole nitrogens is 1. The highest BCUT2D eigenvalue weighted by Gasteiger charge is 2.32. The molecule has 1 aromatic carbocycles. The third-order valence-electron chi connectivity index (χ3n) is 4.63. The van der Waals surface area contributed by atoms with Crippen LogP contribution in [0.5, 0.6) is 5.75 Å². The van der Waals surface area contributed by atoms with Crippen LogP contribution in [0.3, 0.4) is 0 Å². The van der Waals surface area contributed by atoms with Gasteiger partial charge in [0.25, 0.3) is 17.4 Å². The van der Waals surface area contributed by atoms with Crippen LogP contribution in [0.25, 0.3) is 0 Å². The highest BCUT2D eigenvalue weighted by Crippen LogP contribution is 2.20. The summed E-state index contributed by atoms with van der Waals surface area (Å²) in [6, 6.07) is 5.46. The third kappa shape index (κ3) is 4.63. The average molecular weight is 443 g/mol. The van der Waals surface area contributed by atoms with E-state index in [0.717, 1.165) is 4.57 Å². The first-order valence-electron chi connectivity index (χ1n) is 9.54. The molecule has 2 aromatic heterocycles. The van der Waals surface area contributed by atoms with Crippen LogP contribution in [0.2, 0.25) is 0 Å². The second-order valence-electron chi connectivity index (χ2n) is 7.63. The topological polar surface area (TPSA) is 155 Å². The van der Waals surface area contributed by atoms with E-state index in [4.69, 9.17) is 0 Å². The molecule has 2 heterocycles. The van der Waals surface area contributed by atoms with Gasteiger partial charge in [-0.3, -0.25) is 24.0 Å². The van der Waals surface area contributed by atoms with Gasteiger partial charge in [0.05, 0.1) is 5.54 Å². The van der Waals surface area contributed by atoms with Crippen molar-refractivity contribution in [2.75, 3.05) is 0 Å². The number of nitrogens with zero attached hydrogens (tertiary/aromatic N) is 4. The van der Waals surface area contributed by atoms with Gasteiger partial charge >= 0.3 is 0 Å². The summed E-state index contributed by atoms with van der Waals surface area (Å²) in [4.78, 5) is 45.8. The molecule has 0 saturated heterocycles. The van der Waals surface area contributed by atoms with Crippen LogP contribution in [0, 0.1) is 12.7 Å². The van der Waals surface area contributed by atoms with Gasteiger partial charge in [0, 0.05) is 13.6 Å². The minimum Gasteiger partial charge on any atom is -0.501 e. The lowest BCUT2D eigenvalue weighted by Gasteiger charge is -2.27. The smallest absolute Gasteiger partial charge is 0.296 e. The number of aryl methyl sites for hydroxylation is 1. The van der Waals surface area contributed by atoms with Crippen LogP contribution < -0.4 is 16.2 Å². The molecule has 0 atom stereocenters. The monoisotopic (exact) mass is 443 g/mol. The van der Waals surface area contributed by atoms with Gasteiger partial charge in [0.1, 0.15) is 17.5 Å². The Morgan fingerprint density at radius 1 is 1.19 bits per heavy atom. The molecule has 0 radical (unpaired) electrons. The Balaban J connectivity index is 1.88. The van der Waals surface area contributed by atoms with E-state index >= 15 is 0 Å². The zero-order valence-corrected chi connectivity index (χ0v) is 17.9. The normalized spacial score (nSPS) is 11.3. The number of aromatic nitrogens is 5. The Morgan fingerprint density at radius 2 is 1.84 bits per heavy atom. The van der Waals surface area contributed by atoms with Crippen LogP contribution in [-0.2, 0) is 19.1 Å². The summed E-state index contributed by atoms with van der Waals surface area (Å²) in [5.41, 5.74) is -1.99. The van der Waals surface area contributed by atoms with Crippen LogP contribution in [-0.4, -0.2) is 41.7 Å². The number of rotatable bonds is 6. The summed E-state index contributed by atoms with van der Waals surface area (Å²) in [5.74, 6) is -2.31. The third-order valence-corrected chi connectivity index (χ3v) is 4.63. The van der Waals surface area contributed by atoms with Gasteiger partial charge in [-0.15, -0.1) is 5.10 Å². The quantitative estimate of drug-likeness (QED) is 0.436. The molecular formula is C20H22FN7O4. The number of carbonyl (C=O) groups excluding carboxylic acids is 2.